The van der Waals surface area contributed by atoms with E-state index in [2.05, 4.69) is 44.5 Å². The van der Waals surface area contributed by atoms with Gasteiger partial charge < -0.3 is 9.73 Å². The molecule has 2 rings (SSSR count). The van der Waals surface area contributed by atoms with Crippen LogP contribution in [0.5, 0.6) is 0 Å². The molecule has 1 heterocycles. The van der Waals surface area contributed by atoms with Gasteiger partial charge in [0.05, 0.1) is 12.3 Å². The fourth-order valence-electron chi connectivity index (χ4n) is 3.35. The molecule has 1 saturated carbocycles. The molecule has 21 heavy (non-hydrogen) atoms. The van der Waals surface area contributed by atoms with Gasteiger partial charge in [-0.15, -0.1) is 0 Å². The molecule has 0 aliphatic heterocycles. The molecule has 1 N–H and O–H groups in total. The number of nitrogens with one attached hydrogen (secondary N) is 1. The average molecular weight is 310 g/mol. The smallest absolute Gasteiger partial charge is 0.118 e. The number of furan rings is 1. The molecule has 0 aromatic carbocycles. The highest BCUT2D eigenvalue weighted by molar-refractivity contribution is 7.97. The summed E-state index contributed by atoms with van der Waals surface area (Å²) in [7, 11) is 0. The third kappa shape index (κ3) is 4.79. The summed E-state index contributed by atoms with van der Waals surface area (Å²) in [5, 5.41) is 3.68. The van der Waals surface area contributed by atoms with Crippen LogP contribution in [0.4, 0.5) is 0 Å². The number of hydrogen-bond donors (Lipinski definition) is 1. The molecule has 0 bridgehead atoms. The van der Waals surface area contributed by atoms with Crippen molar-refractivity contribution in [1.29, 1.82) is 0 Å². The maximum absolute atomic E-state index is 5.82. The topological polar surface area (TPSA) is 25.2 Å². The minimum atomic E-state index is 0.513. The number of hydrogen-bond acceptors (Lipinski definition) is 3. The molecule has 0 saturated heterocycles. The predicted octanol–water partition coefficient (Wildman–Crippen LogP) is 5.23. The second-order valence-corrected chi connectivity index (χ2v) is 7.94. The monoisotopic (exact) mass is 309 g/mol. The molecule has 120 valence electrons. The van der Waals surface area contributed by atoms with E-state index >= 15 is 0 Å². The van der Waals surface area contributed by atoms with Crippen LogP contribution in [0.1, 0.15) is 64.4 Å². The molecule has 0 atom stereocenters. The van der Waals surface area contributed by atoms with E-state index in [-0.39, 0.29) is 0 Å². The van der Waals surface area contributed by atoms with E-state index < -0.39 is 0 Å². The Bertz CT molecular complexity index is 419. The second-order valence-electron chi connectivity index (χ2n) is 7.07. The van der Waals surface area contributed by atoms with Crippen molar-refractivity contribution in [3.8, 4) is 0 Å². The van der Waals surface area contributed by atoms with Gasteiger partial charge >= 0.3 is 0 Å². The standard InChI is InChI=1S/C18H31NOS/c1-5-18(2,3)14-6-8-15(9-7-14)19-12-16-10-11-17(20-16)13-21-4/h10-11,14-15,19H,5-9,12-13H2,1-4H3. The van der Waals surface area contributed by atoms with E-state index in [0.29, 0.717) is 11.5 Å². The summed E-state index contributed by atoms with van der Waals surface area (Å²) < 4.78 is 5.82. The predicted molar refractivity (Wildman–Crippen MR) is 92.6 cm³/mol. The first-order valence-corrected chi connectivity index (χ1v) is 9.74. The number of thioether (sulfide) groups is 1. The van der Waals surface area contributed by atoms with Crippen molar-refractivity contribution in [2.75, 3.05) is 6.26 Å². The van der Waals surface area contributed by atoms with Gasteiger partial charge in [-0.3, -0.25) is 0 Å². The van der Waals surface area contributed by atoms with Crippen LogP contribution in [0.15, 0.2) is 16.5 Å². The van der Waals surface area contributed by atoms with Crippen molar-refractivity contribution >= 4 is 11.8 Å². The van der Waals surface area contributed by atoms with Crippen molar-refractivity contribution in [3.05, 3.63) is 23.7 Å². The quantitative estimate of drug-likeness (QED) is 0.747. The first-order chi connectivity index (χ1) is 10.0. The van der Waals surface area contributed by atoms with Crippen molar-refractivity contribution in [3.63, 3.8) is 0 Å². The Labute approximate surface area is 134 Å². The van der Waals surface area contributed by atoms with Gasteiger partial charge in [-0.1, -0.05) is 27.2 Å². The molecule has 0 unspecified atom stereocenters. The summed E-state index contributed by atoms with van der Waals surface area (Å²) in [6, 6.07) is 4.89. The van der Waals surface area contributed by atoms with Crippen molar-refractivity contribution in [2.45, 2.75) is 71.2 Å². The molecule has 0 radical (unpaired) electrons. The van der Waals surface area contributed by atoms with Crippen LogP contribution < -0.4 is 5.32 Å². The maximum atomic E-state index is 5.82. The third-order valence-electron chi connectivity index (χ3n) is 5.31. The lowest BCUT2D eigenvalue weighted by Gasteiger charge is -2.39. The third-order valence-corrected chi connectivity index (χ3v) is 5.89. The fraction of sp³-hybridized carbons (Fsp3) is 0.778. The minimum Gasteiger partial charge on any atom is -0.464 e. The highest BCUT2D eigenvalue weighted by atomic mass is 32.2. The Morgan fingerprint density at radius 1 is 1.19 bits per heavy atom. The number of rotatable bonds is 7. The van der Waals surface area contributed by atoms with Crippen LogP contribution in [-0.4, -0.2) is 12.3 Å². The van der Waals surface area contributed by atoms with Crippen LogP contribution in [0.25, 0.3) is 0 Å². The molecular weight excluding hydrogens is 278 g/mol. The van der Waals surface area contributed by atoms with Crippen LogP contribution >= 0.6 is 11.8 Å². The first kappa shape index (κ1) is 17.0. The largest absolute Gasteiger partial charge is 0.464 e. The van der Waals surface area contributed by atoms with Gasteiger partial charge in [0.25, 0.3) is 0 Å². The maximum Gasteiger partial charge on any atom is 0.118 e. The molecule has 3 heteroatoms. The summed E-state index contributed by atoms with van der Waals surface area (Å²) in [6.45, 7) is 8.07. The molecule has 0 spiro atoms. The molecule has 1 aromatic heterocycles. The zero-order chi connectivity index (χ0) is 15.3. The van der Waals surface area contributed by atoms with E-state index in [1.54, 1.807) is 11.8 Å². The highest BCUT2D eigenvalue weighted by Crippen LogP contribution is 2.40. The van der Waals surface area contributed by atoms with E-state index in [4.69, 9.17) is 4.42 Å². The SMILES string of the molecule is CCC(C)(C)C1CCC(NCc2ccc(CSC)o2)CC1. The van der Waals surface area contributed by atoms with Gasteiger partial charge in [-0.2, -0.15) is 11.8 Å². The average Bonchev–Trinajstić information content (AvgIpc) is 2.94. The molecule has 1 fully saturated rings. The minimum absolute atomic E-state index is 0.513. The summed E-state index contributed by atoms with van der Waals surface area (Å²) >= 11 is 1.80. The van der Waals surface area contributed by atoms with Crippen LogP contribution in [0.3, 0.4) is 0 Å². The van der Waals surface area contributed by atoms with E-state index in [1.165, 1.54) is 32.1 Å². The normalized spacial score (nSPS) is 23.4. The molecule has 0 amide bonds. The van der Waals surface area contributed by atoms with Gasteiger partial charge in [0.1, 0.15) is 11.5 Å². The van der Waals surface area contributed by atoms with Crippen molar-refractivity contribution in [2.24, 2.45) is 11.3 Å². The van der Waals surface area contributed by atoms with Crippen LogP contribution in [-0.2, 0) is 12.3 Å². The summed E-state index contributed by atoms with van der Waals surface area (Å²) in [6.07, 6.45) is 8.76. The van der Waals surface area contributed by atoms with Crippen molar-refractivity contribution < 1.29 is 4.42 Å². The van der Waals surface area contributed by atoms with Crippen LogP contribution in [0.2, 0.25) is 0 Å². The summed E-state index contributed by atoms with van der Waals surface area (Å²) in [4.78, 5) is 0. The summed E-state index contributed by atoms with van der Waals surface area (Å²) in [5.41, 5.74) is 0.513. The Morgan fingerprint density at radius 3 is 2.48 bits per heavy atom. The Morgan fingerprint density at radius 2 is 1.86 bits per heavy atom. The van der Waals surface area contributed by atoms with Gasteiger partial charge in [0.15, 0.2) is 0 Å². The van der Waals surface area contributed by atoms with Gasteiger partial charge in [0.2, 0.25) is 0 Å². The van der Waals surface area contributed by atoms with E-state index in [1.807, 2.05) is 0 Å². The molecule has 1 aromatic rings. The molecule has 2 nitrogen and oxygen atoms in total. The first-order valence-electron chi connectivity index (χ1n) is 8.35. The molecule has 1 aliphatic rings. The lowest BCUT2D eigenvalue weighted by Crippen LogP contribution is -2.36. The lowest BCUT2D eigenvalue weighted by atomic mass is 9.69. The van der Waals surface area contributed by atoms with Crippen LogP contribution in [0, 0.1) is 11.3 Å². The Kier molecular flexibility index (Phi) is 6.24. The van der Waals surface area contributed by atoms with Crippen molar-refractivity contribution in [1.82, 2.24) is 5.32 Å². The molecule has 1 aliphatic carbocycles. The fourth-order valence-corrected chi connectivity index (χ4v) is 3.79. The Hall–Kier alpha value is -0.410. The summed E-state index contributed by atoms with van der Waals surface area (Å²) in [5.74, 6) is 4.04. The van der Waals surface area contributed by atoms with Gasteiger partial charge in [-0.25, -0.2) is 0 Å². The second kappa shape index (κ2) is 7.73. The highest BCUT2D eigenvalue weighted by Gasteiger charge is 2.31. The lowest BCUT2D eigenvalue weighted by molar-refractivity contribution is 0.136. The zero-order valence-electron chi connectivity index (χ0n) is 14.1. The van der Waals surface area contributed by atoms with Gasteiger partial charge in [-0.05, 0) is 55.4 Å². The Balaban J connectivity index is 1.73. The van der Waals surface area contributed by atoms with Gasteiger partial charge in [0, 0.05) is 6.04 Å². The zero-order valence-corrected chi connectivity index (χ0v) is 14.9. The van der Waals surface area contributed by atoms with E-state index in [9.17, 15) is 0 Å². The van der Waals surface area contributed by atoms with E-state index in [0.717, 1.165) is 29.7 Å². The molecular formula is C18H31NOS.